The predicted molar refractivity (Wildman–Crippen MR) is 58.3 cm³/mol. The molecule has 0 saturated carbocycles. The van der Waals surface area contributed by atoms with E-state index in [1.807, 2.05) is 0 Å². The SMILES string of the molecule is OC1CNCC(C(O)c2ccc(F)cc2)C1. The molecule has 0 bridgehead atoms. The number of nitrogens with one attached hydrogen (secondary N) is 1. The summed E-state index contributed by atoms with van der Waals surface area (Å²) in [5.41, 5.74) is 0.697. The lowest BCUT2D eigenvalue weighted by Crippen LogP contribution is -2.41. The molecule has 3 nitrogen and oxygen atoms in total. The van der Waals surface area contributed by atoms with Gasteiger partial charge in [0.1, 0.15) is 5.82 Å². The number of hydrogen-bond donors (Lipinski definition) is 3. The fourth-order valence-corrected chi connectivity index (χ4v) is 2.12. The van der Waals surface area contributed by atoms with Crippen LogP contribution in [0.2, 0.25) is 0 Å². The standard InChI is InChI=1S/C12H16FNO2/c13-10-3-1-8(2-4-10)12(16)9-5-11(15)7-14-6-9/h1-4,9,11-12,14-16H,5-7H2. The lowest BCUT2D eigenvalue weighted by molar-refractivity contribution is 0.0392. The van der Waals surface area contributed by atoms with Crippen molar-refractivity contribution in [2.45, 2.75) is 18.6 Å². The van der Waals surface area contributed by atoms with Crippen LogP contribution >= 0.6 is 0 Å². The Labute approximate surface area is 93.9 Å². The highest BCUT2D eigenvalue weighted by Gasteiger charge is 2.26. The van der Waals surface area contributed by atoms with Gasteiger partial charge in [-0.1, -0.05) is 12.1 Å². The van der Waals surface area contributed by atoms with Crippen LogP contribution in [-0.2, 0) is 0 Å². The van der Waals surface area contributed by atoms with E-state index in [2.05, 4.69) is 5.32 Å². The molecule has 1 aliphatic rings. The van der Waals surface area contributed by atoms with Crippen molar-refractivity contribution in [2.75, 3.05) is 13.1 Å². The number of benzene rings is 1. The minimum Gasteiger partial charge on any atom is -0.392 e. The van der Waals surface area contributed by atoms with Crippen LogP contribution in [0.25, 0.3) is 0 Å². The van der Waals surface area contributed by atoms with E-state index in [0.717, 1.165) is 0 Å². The summed E-state index contributed by atoms with van der Waals surface area (Å²) in [6, 6.07) is 5.85. The third-order valence-corrected chi connectivity index (χ3v) is 3.02. The first kappa shape index (κ1) is 11.5. The Morgan fingerprint density at radius 3 is 2.56 bits per heavy atom. The van der Waals surface area contributed by atoms with Gasteiger partial charge in [0.05, 0.1) is 12.2 Å². The van der Waals surface area contributed by atoms with Crippen LogP contribution in [0.3, 0.4) is 0 Å². The molecular weight excluding hydrogens is 209 g/mol. The second-order valence-electron chi connectivity index (χ2n) is 4.30. The molecule has 1 heterocycles. The van der Waals surface area contributed by atoms with Gasteiger partial charge in [0.2, 0.25) is 0 Å². The Balaban J connectivity index is 2.06. The summed E-state index contributed by atoms with van der Waals surface area (Å²) in [5.74, 6) is -0.327. The number of β-amino-alcohol motifs (C(OH)–C–C–N with tert-alkyl or cyclic N) is 1. The van der Waals surface area contributed by atoms with Crippen molar-refractivity contribution in [3.8, 4) is 0 Å². The number of halogens is 1. The molecule has 1 saturated heterocycles. The summed E-state index contributed by atoms with van der Waals surface area (Å²) in [7, 11) is 0. The highest BCUT2D eigenvalue weighted by molar-refractivity contribution is 5.19. The zero-order valence-electron chi connectivity index (χ0n) is 8.94. The first-order valence-corrected chi connectivity index (χ1v) is 5.49. The predicted octanol–water partition coefficient (Wildman–Crippen LogP) is 0.829. The summed E-state index contributed by atoms with van der Waals surface area (Å²) in [5, 5.41) is 22.6. The van der Waals surface area contributed by atoms with Crippen molar-refractivity contribution >= 4 is 0 Å². The van der Waals surface area contributed by atoms with E-state index in [4.69, 9.17) is 0 Å². The Kier molecular flexibility index (Phi) is 3.53. The van der Waals surface area contributed by atoms with E-state index in [0.29, 0.717) is 25.1 Å². The minimum atomic E-state index is -0.650. The Hall–Kier alpha value is -0.970. The van der Waals surface area contributed by atoms with Crippen LogP contribution in [0, 0.1) is 11.7 Å². The summed E-state index contributed by atoms with van der Waals surface area (Å²) in [4.78, 5) is 0. The zero-order valence-corrected chi connectivity index (χ0v) is 8.94. The molecule has 0 aliphatic carbocycles. The summed E-state index contributed by atoms with van der Waals surface area (Å²) >= 11 is 0. The molecule has 1 aromatic carbocycles. The highest BCUT2D eigenvalue weighted by atomic mass is 19.1. The normalized spacial score (nSPS) is 27.7. The van der Waals surface area contributed by atoms with Crippen molar-refractivity contribution in [1.29, 1.82) is 0 Å². The van der Waals surface area contributed by atoms with Crippen molar-refractivity contribution in [2.24, 2.45) is 5.92 Å². The molecule has 2 rings (SSSR count). The third-order valence-electron chi connectivity index (χ3n) is 3.02. The van der Waals surface area contributed by atoms with Crippen LogP contribution in [0.1, 0.15) is 18.1 Å². The zero-order chi connectivity index (χ0) is 11.5. The van der Waals surface area contributed by atoms with E-state index in [1.165, 1.54) is 12.1 Å². The molecule has 0 amide bonds. The van der Waals surface area contributed by atoms with Gasteiger partial charge in [-0.15, -0.1) is 0 Å². The average Bonchev–Trinajstić information content (AvgIpc) is 2.29. The van der Waals surface area contributed by atoms with Gasteiger partial charge in [0.25, 0.3) is 0 Å². The molecule has 4 heteroatoms. The fourth-order valence-electron chi connectivity index (χ4n) is 2.12. The third kappa shape index (κ3) is 2.58. The van der Waals surface area contributed by atoms with E-state index in [-0.39, 0.29) is 11.7 Å². The molecule has 0 aromatic heterocycles. The van der Waals surface area contributed by atoms with Crippen LogP contribution in [0.15, 0.2) is 24.3 Å². The number of aliphatic hydroxyl groups is 2. The minimum absolute atomic E-state index is 0.0192. The monoisotopic (exact) mass is 225 g/mol. The van der Waals surface area contributed by atoms with Crippen LogP contribution < -0.4 is 5.32 Å². The topological polar surface area (TPSA) is 52.5 Å². The van der Waals surface area contributed by atoms with Gasteiger partial charge in [-0.25, -0.2) is 4.39 Å². The highest BCUT2D eigenvalue weighted by Crippen LogP contribution is 2.27. The molecule has 88 valence electrons. The largest absolute Gasteiger partial charge is 0.392 e. The summed E-state index contributed by atoms with van der Waals surface area (Å²) < 4.78 is 12.7. The molecule has 1 aliphatic heterocycles. The Morgan fingerprint density at radius 2 is 1.94 bits per heavy atom. The van der Waals surface area contributed by atoms with Gasteiger partial charge < -0.3 is 15.5 Å². The summed E-state index contributed by atoms with van der Waals surface area (Å²) in [6.45, 7) is 1.25. The second-order valence-corrected chi connectivity index (χ2v) is 4.30. The maximum absolute atomic E-state index is 12.7. The van der Waals surface area contributed by atoms with Crippen molar-refractivity contribution < 1.29 is 14.6 Å². The van der Waals surface area contributed by atoms with E-state index < -0.39 is 12.2 Å². The van der Waals surface area contributed by atoms with Crippen molar-refractivity contribution in [3.63, 3.8) is 0 Å². The van der Waals surface area contributed by atoms with Gasteiger partial charge in [-0.2, -0.15) is 0 Å². The lowest BCUT2D eigenvalue weighted by Gasteiger charge is -2.30. The Bertz CT molecular complexity index is 341. The second kappa shape index (κ2) is 4.91. The smallest absolute Gasteiger partial charge is 0.123 e. The first-order valence-electron chi connectivity index (χ1n) is 5.49. The first-order chi connectivity index (χ1) is 7.66. The van der Waals surface area contributed by atoms with Crippen LogP contribution in [-0.4, -0.2) is 29.4 Å². The molecule has 1 aromatic rings. The maximum atomic E-state index is 12.7. The number of aliphatic hydroxyl groups excluding tert-OH is 2. The maximum Gasteiger partial charge on any atom is 0.123 e. The van der Waals surface area contributed by atoms with Crippen LogP contribution in [0.4, 0.5) is 4.39 Å². The van der Waals surface area contributed by atoms with Gasteiger partial charge in [-0.3, -0.25) is 0 Å². The van der Waals surface area contributed by atoms with Gasteiger partial charge in [0, 0.05) is 19.0 Å². The molecule has 0 spiro atoms. The number of rotatable bonds is 2. The number of hydrogen-bond acceptors (Lipinski definition) is 3. The van der Waals surface area contributed by atoms with Gasteiger partial charge in [0.15, 0.2) is 0 Å². The lowest BCUT2D eigenvalue weighted by atomic mass is 9.88. The molecule has 1 fully saturated rings. The molecule has 16 heavy (non-hydrogen) atoms. The van der Waals surface area contributed by atoms with Gasteiger partial charge in [-0.05, 0) is 24.1 Å². The number of piperidine rings is 1. The van der Waals surface area contributed by atoms with E-state index >= 15 is 0 Å². The van der Waals surface area contributed by atoms with Crippen molar-refractivity contribution in [1.82, 2.24) is 5.32 Å². The fraction of sp³-hybridized carbons (Fsp3) is 0.500. The Morgan fingerprint density at radius 1 is 1.25 bits per heavy atom. The molecule has 3 atom stereocenters. The van der Waals surface area contributed by atoms with E-state index in [9.17, 15) is 14.6 Å². The average molecular weight is 225 g/mol. The van der Waals surface area contributed by atoms with Crippen LogP contribution in [0.5, 0.6) is 0 Å². The van der Waals surface area contributed by atoms with Crippen molar-refractivity contribution in [3.05, 3.63) is 35.6 Å². The summed E-state index contributed by atoms with van der Waals surface area (Å²) in [6.07, 6.45) is -0.483. The molecular formula is C12H16FNO2. The molecule has 3 N–H and O–H groups in total. The quantitative estimate of drug-likeness (QED) is 0.698. The molecule has 0 radical (unpaired) electrons. The molecule has 3 unspecified atom stereocenters. The van der Waals surface area contributed by atoms with E-state index in [1.54, 1.807) is 12.1 Å². The van der Waals surface area contributed by atoms with Gasteiger partial charge >= 0.3 is 0 Å².